The first-order valence-corrected chi connectivity index (χ1v) is 18.6. The van der Waals surface area contributed by atoms with E-state index in [2.05, 4.69) is 192 Å². The van der Waals surface area contributed by atoms with E-state index in [1.807, 2.05) is 0 Å². The standard InChI is InChI=1S/C29H30N2.2C10H8/c1-3-13-24-22(9-1)11-5-15-26(24)28-17-7-19-30(28)21-31-20-8-18-29(31)27-16-6-12-23-10-2-4-14-25(23)27;2*1-2-6-10-8-4-3-7-9(10)5-1/h1-6,9-16,28-29H,7-8,17-21H2;2*1-8H. The predicted molar refractivity (Wildman–Crippen MR) is 218 cm³/mol. The lowest BCUT2D eigenvalue weighted by Gasteiger charge is -2.34. The minimum absolute atomic E-state index is 0.528. The molecule has 10 rings (SSSR count). The number of likely N-dealkylation sites (tertiary alicyclic amines) is 2. The summed E-state index contributed by atoms with van der Waals surface area (Å²) in [7, 11) is 0. The highest BCUT2D eigenvalue weighted by Crippen LogP contribution is 2.40. The van der Waals surface area contributed by atoms with Crippen LogP contribution < -0.4 is 0 Å². The van der Waals surface area contributed by atoms with Gasteiger partial charge in [0.2, 0.25) is 0 Å². The van der Waals surface area contributed by atoms with Crippen LogP contribution in [0.4, 0.5) is 0 Å². The van der Waals surface area contributed by atoms with Gasteiger partial charge in [0.25, 0.3) is 0 Å². The van der Waals surface area contributed by atoms with Crippen LogP contribution in [0.25, 0.3) is 43.1 Å². The number of nitrogens with zero attached hydrogens (tertiary/aromatic N) is 2. The van der Waals surface area contributed by atoms with Crippen LogP contribution in [0.15, 0.2) is 182 Å². The molecule has 2 atom stereocenters. The van der Waals surface area contributed by atoms with E-state index in [1.54, 1.807) is 0 Å². The van der Waals surface area contributed by atoms with Crippen LogP contribution in [0.1, 0.15) is 48.9 Å². The lowest BCUT2D eigenvalue weighted by molar-refractivity contribution is 0.111. The van der Waals surface area contributed by atoms with Gasteiger partial charge < -0.3 is 0 Å². The Hall–Kier alpha value is -5.28. The number of benzene rings is 8. The van der Waals surface area contributed by atoms with E-state index in [1.165, 1.54) is 93.0 Å². The number of hydrogen-bond donors (Lipinski definition) is 0. The Kier molecular flexibility index (Phi) is 10.1. The van der Waals surface area contributed by atoms with E-state index in [4.69, 9.17) is 0 Å². The Morgan fingerprint density at radius 1 is 0.333 bits per heavy atom. The maximum absolute atomic E-state index is 2.74. The topological polar surface area (TPSA) is 6.48 Å². The molecule has 0 saturated carbocycles. The third-order valence-corrected chi connectivity index (χ3v) is 10.8. The van der Waals surface area contributed by atoms with Crippen LogP contribution in [-0.2, 0) is 0 Å². The van der Waals surface area contributed by atoms with Gasteiger partial charge in [0, 0.05) is 25.2 Å². The average Bonchev–Trinajstić information content (AvgIpc) is 3.88. The highest BCUT2D eigenvalue weighted by Gasteiger charge is 2.33. The SMILES string of the molecule is c1ccc2c(C3CCCN3CN3CCCC3c3cccc4ccccc34)cccc2c1.c1ccc2ccccc2c1.c1ccc2ccccc2c1. The number of rotatable bonds is 4. The van der Waals surface area contributed by atoms with Crippen molar-refractivity contribution in [2.24, 2.45) is 0 Å². The van der Waals surface area contributed by atoms with E-state index in [9.17, 15) is 0 Å². The molecular formula is C49H46N2. The van der Waals surface area contributed by atoms with Crippen molar-refractivity contribution in [3.8, 4) is 0 Å². The number of hydrogen-bond acceptors (Lipinski definition) is 2. The van der Waals surface area contributed by atoms with Gasteiger partial charge in [-0.15, -0.1) is 0 Å². The molecule has 8 aromatic carbocycles. The quantitative estimate of drug-likeness (QED) is 0.185. The molecule has 0 amide bonds. The first-order chi connectivity index (χ1) is 25.3. The molecule has 0 aromatic heterocycles. The highest BCUT2D eigenvalue weighted by molar-refractivity contribution is 5.87. The normalized spacial score (nSPS) is 17.6. The molecule has 0 radical (unpaired) electrons. The molecule has 0 aliphatic carbocycles. The minimum atomic E-state index is 0.528. The Morgan fingerprint density at radius 3 is 0.980 bits per heavy atom. The summed E-state index contributed by atoms with van der Waals surface area (Å²) in [4.78, 5) is 5.48. The van der Waals surface area contributed by atoms with Crippen LogP contribution in [0.3, 0.4) is 0 Å². The molecule has 2 unspecified atom stereocenters. The zero-order chi connectivity index (χ0) is 34.2. The summed E-state index contributed by atoms with van der Waals surface area (Å²) in [6.45, 7) is 3.47. The van der Waals surface area contributed by atoms with Crippen molar-refractivity contribution in [1.29, 1.82) is 0 Å². The van der Waals surface area contributed by atoms with Crippen LogP contribution in [0.5, 0.6) is 0 Å². The van der Waals surface area contributed by atoms with E-state index in [0.29, 0.717) is 12.1 Å². The molecule has 51 heavy (non-hydrogen) atoms. The molecule has 2 aliphatic heterocycles. The Morgan fingerprint density at radius 2 is 0.627 bits per heavy atom. The van der Waals surface area contributed by atoms with E-state index in [0.717, 1.165) is 6.67 Å². The van der Waals surface area contributed by atoms with Crippen LogP contribution in [0.2, 0.25) is 0 Å². The Bertz CT molecular complexity index is 2050. The summed E-state index contributed by atoms with van der Waals surface area (Å²) in [5, 5.41) is 10.8. The van der Waals surface area contributed by atoms with Gasteiger partial charge in [0.15, 0.2) is 0 Å². The molecule has 8 aromatic rings. The van der Waals surface area contributed by atoms with Crippen molar-refractivity contribution < 1.29 is 0 Å². The molecule has 2 heterocycles. The maximum atomic E-state index is 2.74. The Labute approximate surface area is 302 Å². The summed E-state index contributed by atoms with van der Waals surface area (Å²) in [5.74, 6) is 0. The molecule has 2 aliphatic rings. The van der Waals surface area contributed by atoms with Crippen LogP contribution in [0, 0.1) is 0 Å². The van der Waals surface area contributed by atoms with E-state index < -0.39 is 0 Å². The van der Waals surface area contributed by atoms with Gasteiger partial charge in [-0.25, -0.2) is 0 Å². The van der Waals surface area contributed by atoms with Gasteiger partial charge in [0.1, 0.15) is 0 Å². The summed E-state index contributed by atoms with van der Waals surface area (Å²) >= 11 is 0. The van der Waals surface area contributed by atoms with Gasteiger partial charge >= 0.3 is 0 Å². The predicted octanol–water partition coefficient (Wildman–Crippen LogP) is 12.6. The summed E-state index contributed by atoms with van der Waals surface area (Å²) in [6, 6.07) is 65.9. The van der Waals surface area contributed by atoms with Crippen molar-refractivity contribution in [3.05, 3.63) is 193 Å². The van der Waals surface area contributed by atoms with Gasteiger partial charge in [-0.1, -0.05) is 182 Å². The molecule has 252 valence electrons. The van der Waals surface area contributed by atoms with Crippen LogP contribution >= 0.6 is 0 Å². The lowest BCUT2D eigenvalue weighted by atomic mass is 9.96. The molecule has 2 heteroatoms. The van der Waals surface area contributed by atoms with E-state index >= 15 is 0 Å². The molecule has 2 saturated heterocycles. The second-order valence-corrected chi connectivity index (χ2v) is 13.9. The molecule has 0 N–H and O–H groups in total. The fraction of sp³-hybridized carbons (Fsp3) is 0.184. The van der Waals surface area contributed by atoms with Crippen molar-refractivity contribution in [2.75, 3.05) is 19.8 Å². The monoisotopic (exact) mass is 662 g/mol. The maximum Gasteiger partial charge on any atom is 0.0517 e. The highest BCUT2D eigenvalue weighted by atomic mass is 15.3. The largest absolute Gasteiger partial charge is 0.283 e. The van der Waals surface area contributed by atoms with E-state index in [-0.39, 0.29) is 0 Å². The zero-order valence-electron chi connectivity index (χ0n) is 29.3. The summed E-state index contributed by atoms with van der Waals surface area (Å²) < 4.78 is 0. The zero-order valence-corrected chi connectivity index (χ0v) is 29.3. The van der Waals surface area contributed by atoms with Crippen molar-refractivity contribution in [1.82, 2.24) is 9.80 Å². The summed E-state index contributed by atoms with van der Waals surface area (Å²) in [6.07, 6.45) is 5.11. The van der Waals surface area contributed by atoms with Crippen molar-refractivity contribution in [2.45, 2.75) is 37.8 Å². The van der Waals surface area contributed by atoms with Gasteiger partial charge in [-0.2, -0.15) is 0 Å². The smallest absolute Gasteiger partial charge is 0.0517 e. The first-order valence-electron chi connectivity index (χ1n) is 18.6. The number of fused-ring (bicyclic) bond motifs is 4. The third kappa shape index (κ3) is 7.44. The molecule has 0 spiro atoms. The van der Waals surface area contributed by atoms with Crippen LogP contribution in [-0.4, -0.2) is 29.6 Å². The van der Waals surface area contributed by atoms with Gasteiger partial charge in [-0.05, 0) is 79.9 Å². The first kappa shape index (κ1) is 32.9. The van der Waals surface area contributed by atoms with Crippen molar-refractivity contribution in [3.63, 3.8) is 0 Å². The molecule has 2 fully saturated rings. The van der Waals surface area contributed by atoms with Gasteiger partial charge in [0.05, 0.1) is 6.67 Å². The fourth-order valence-corrected chi connectivity index (χ4v) is 8.28. The molecular weight excluding hydrogens is 617 g/mol. The van der Waals surface area contributed by atoms with Crippen molar-refractivity contribution >= 4 is 43.1 Å². The lowest BCUT2D eigenvalue weighted by Crippen LogP contribution is -2.37. The average molecular weight is 663 g/mol. The third-order valence-electron chi connectivity index (χ3n) is 10.8. The second kappa shape index (κ2) is 15.7. The Balaban J connectivity index is 0.000000151. The molecule has 2 nitrogen and oxygen atoms in total. The minimum Gasteiger partial charge on any atom is -0.283 e. The van der Waals surface area contributed by atoms with Gasteiger partial charge in [-0.3, -0.25) is 9.80 Å². The molecule has 0 bridgehead atoms. The second-order valence-electron chi connectivity index (χ2n) is 13.9. The summed E-state index contributed by atoms with van der Waals surface area (Å²) in [5.41, 5.74) is 3.02. The fourth-order valence-electron chi connectivity index (χ4n) is 8.28.